The Kier molecular flexibility index (Phi) is 2.82. The molecule has 92 valence electrons. The van der Waals surface area contributed by atoms with Crippen molar-refractivity contribution in [3.63, 3.8) is 0 Å². The molecule has 1 aromatic carbocycles. The van der Waals surface area contributed by atoms with Crippen LogP contribution in [0.4, 0.5) is 0 Å². The molecule has 0 radical (unpaired) electrons. The van der Waals surface area contributed by atoms with Crippen LogP contribution in [0.25, 0.3) is 0 Å². The molecular formula is C13H12N2O3. The van der Waals surface area contributed by atoms with E-state index in [1.165, 1.54) is 10.9 Å². The Hall–Kier alpha value is -2.14. The lowest BCUT2D eigenvalue weighted by Gasteiger charge is -2.00. The van der Waals surface area contributed by atoms with Gasteiger partial charge in [-0.1, -0.05) is 18.2 Å². The molecule has 1 saturated heterocycles. The quantitative estimate of drug-likeness (QED) is 0.762. The fourth-order valence-electron chi connectivity index (χ4n) is 1.56. The topological polar surface area (TPSA) is 56.6 Å². The Morgan fingerprint density at radius 2 is 2.22 bits per heavy atom. The summed E-state index contributed by atoms with van der Waals surface area (Å²) >= 11 is 0. The third kappa shape index (κ3) is 2.41. The minimum Gasteiger partial charge on any atom is -0.487 e. The lowest BCUT2D eigenvalue weighted by Crippen LogP contribution is -2.12. The van der Waals surface area contributed by atoms with Crippen LogP contribution in [0.3, 0.4) is 0 Å². The third-order valence-electron chi connectivity index (χ3n) is 2.63. The molecule has 1 aliphatic heterocycles. The summed E-state index contributed by atoms with van der Waals surface area (Å²) in [4.78, 5) is 12.0. The van der Waals surface area contributed by atoms with E-state index >= 15 is 0 Å². The summed E-state index contributed by atoms with van der Waals surface area (Å²) in [5.74, 6) is 0.405. The van der Waals surface area contributed by atoms with Crippen molar-refractivity contribution in [2.24, 2.45) is 0 Å². The van der Waals surface area contributed by atoms with Crippen molar-refractivity contribution in [2.45, 2.75) is 6.10 Å². The van der Waals surface area contributed by atoms with Crippen molar-refractivity contribution in [3.8, 4) is 5.75 Å². The van der Waals surface area contributed by atoms with Gasteiger partial charge in [-0.2, -0.15) is 5.10 Å². The van der Waals surface area contributed by atoms with Crippen LogP contribution in [0.1, 0.15) is 10.4 Å². The van der Waals surface area contributed by atoms with Gasteiger partial charge in [0.15, 0.2) is 5.75 Å². The lowest BCUT2D eigenvalue weighted by atomic mass is 10.2. The van der Waals surface area contributed by atoms with Crippen LogP contribution in [0.15, 0.2) is 42.7 Å². The number of benzene rings is 1. The molecule has 18 heavy (non-hydrogen) atoms. The van der Waals surface area contributed by atoms with E-state index in [9.17, 15) is 4.79 Å². The van der Waals surface area contributed by atoms with E-state index in [0.29, 0.717) is 17.9 Å². The van der Waals surface area contributed by atoms with Gasteiger partial charge in [0.25, 0.3) is 5.91 Å². The molecule has 0 spiro atoms. The Balaban J connectivity index is 1.70. The second-order valence-corrected chi connectivity index (χ2v) is 4.06. The number of rotatable bonds is 4. The van der Waals surface area contributed by atoms with Crippen molar-refractivity contribution in [3.05, 3.63) is 48.3 Å². The SMILES string of the molecule is O=C(c1ccccc1)n1cc(OC[C@@H]2CO2)cn1. The molecule has 0 aliphatic carbocycles. The van der Waals surface area contributed by atoms with Crippen LogP contribution >= 0.6 is 0 Å². The predicted molar refractivity (Wildman–Crippen MR) is 63.6 cm³/mol. The standard InChI is InChI=1S/C13H12N2O3/c16-13(10-4-2-1-3-5-10)15-7-11(6-14-15)17-8-12-9-18-12/h1-7,12H,8-9H2/t12-/m1/s1. The Morgan fingerprint density at radius 1 is 1.44 bits per heavy atom. The summed E-state index contributed by atoms with van der Waals surface area (Å²) in [5.41, 5.74) is 0.595. The van der Waals surface area contributed by atoms with Crippen LogP contribution in [0.2, 0.25) is 0 Å². The van der Waals surface area contributed by atoms with Gasteiger partial charge in [0.2, 0.25) is 0 Å². The number of carbonyl (C=O) groups excluding carboxylic acids is 1. The van der Waals surface area contributed by atoms with Crippen LogP contribution < -0.4 is 4.74 Å². The van der Waals surface area contributed by atoms with Crippen molar-refractivity contribution < 1.29 is 14.3 Å². The Labute approximate surface area is 104 Å². The molecule has 0 bridgehead atoms. The zero-order valence-electron chi connectivity index (χ0n) is 9.65. The maximum absolute atomic E-state index is 12.0. The molecule has 3 rings (SSSR count). The molecule has 1 atom stereocenters. The zero-order chi connectivity index (χ0) is 12.4. The normalized spacial score (nSPS) is 17.4. The molecule has 5 heteroatoms. The van der Waals surface area contributed by atoms with Crippen molar-refractivity contribution >= 4 is 5.91 Å². The molecule has 5 nitrogen and oxygen atoms in total. The van der Waals surface area contributed by atoms with E-state index in [1.807, 2.05) is 18.2 Å². The summed E-state index contributed by atoms with van der Waals surface area (Å²) in [7, 11) is 0. The van der Waals surface area contributed by atoms with E-state index in [1.54, 1.807) is 18.3 Å². The minimum absolute atomic E-state index is 0.173. The average Bonchev–Trinajstić information content (AvgIpc) is 3.14. The summed E-state index contributed by atoms with van der Waals surface area (Å²) in [6.45, 7) is 1.25. The lowest BCUT2D eigenvalue weighted by molar-refractivity contribution is 0.0944. The average molecular weight is 244 g/mol. The van der Waals surface area contributed by atoms with Gasteiger partial charge in [0.05, 0.1) is 19.0 Å². The summed E-state index contributed by atoms with van der Waals surface area (Å²) in [5, 5.41) is 3.99. The highest BCUT2D eigenvalue weighted by atomic mass is 16.6. The number of carbonyl (C=O) groups is 1. The maximum Gasteiger partial charge on any atom is 0.278 e. The number of aromatic nitrogens is 2. The van der Waals surface area contributed by atoms with Crippen LogP contribution in [-0.4, -0.2) is 35.0 Å². The van der Waals surface area contributed by atoms with Gasteiger partial charge >= 0.3 is 0 Å². The largest absolute Gasteiger partial charge is 0.487 e. The van der Waals surface area contributed by atoms with E-state index in [2.05, 4.69) is 5.10 Å². The van der Waals surface area contributed by atoms with Gasteiger partial charge in [-0.25, -0.2) is 4.68 Å². The monoisotopic (exact) mass is 244 g/mol. The fraction of sp³-hybridized carbons (Fsp3) is 0.231. The van der Waals surface area contributed by atoms with Crippen LogP contribution in [-0.2, 0) is 4.74 Å². The van der Waals surface area contributed by atoms with Gasteiger partial charge in [0, 0.05) is 5.56 Å². The maximum atomic E-state index is 12.0. The predicted octanol–water partition coefficient (Wildman–Crippen LogP) is 1.35. The van der Waals surface area contributed by atoms with Crippen molar-refractivity contribution in [2.75, 3.05) is 13.2 Å². The number of epoxide rings is 1. The van der Waals surface area contributed by atoms with Gasteiger partial charge in [-0.05, 0) is 12.1 Å². The molecule has 0 N–H and O–H groups in total. The van der Waals surface area contributed by atoms with Gasteiger partial charge < -0.3 is 9.47 Å². The first-order valence-corrected chi connectivity index (χ1v) is 5.72. The summed E-state index contributed by atoms with van der Waals surface area (Å²) in [6, 6.07) is 9.01. The number of hydrogen-bond acceptors (Lipinski definition) is 4. The molecule has 0 unspecified atom stereocenters. The molecular weight excluding hydrogens is 232 g/mol. The van der Waals surface area contributed by atoms with E-state index < -0.39 is 0 Å². The minimum atomic E-state index is -0.173. The van der Waals surface area contributed by atoms with Crippen LogP contribution in [0.5, 0.6) is 5.75 Å². The first kappa shape index (κ1) is 11.0. The summed E-state index contributed by atoms with van der Waals surface area (Å²) in [6.07, 6.45) is 3.30. The van der Waals surface area contributed by atoms with E-state index in [4.69, 9.17) is 9.47 Å². The number of ether oxygens (including phenoxy) is 2. The molecule has 1 fully saturated rings. The van der Waals surface area contributed by atoms with Crippen LogP contribution in [0, 0.1) is 0 Å². The van der Waals surface area contributed by atoms with Crippen molar-refractivity contribution in [1.82, 2.24) is 9.78 Å². The number of nitrogens with zero attached hydrogens (tertiary/aromatic N) is 2. The third-order valence-corrected chi connectivity index (χ3v) is 2.63. The molecule has 2 heterocycles. The molecule has 0 amide bonds. The van der Waals surface area contributed by atoms with Gasteiger partial charge in [-0.3, -0.25) is 4.79 Å². The fourth-order valence-corrected chi connectivity index (χ4v) is 1.56. The second kappa shape index (κ2) is 4.62. The second-order valence-electron chi connectivity index (χ2n) is 4.06. The smallest absolute Gasteiger partial charge is 0.278 e. The van der Waals surface area contributed by atoms with Gasteiger partial charge in [-0.15, -0.1) is 0 Å². The first-order chi connectivity index (χ1) is 8.83. The van der Waals surface area contributed by atoms with Gasteiger partial charge in [0.1, 0.15) is 12.7 Å². The highest BCUT2D eigenvalue weighted by Gasteiger charge is 2.23. The molecule has 0 saturated carbocycles. The van der Waals surface area contributed by atoms with E-state index in [-0.39, 0.29) is 12.0 Å². The highest BCUT2D eigenvalue weighted by molar-refractivity contribution is 5.95. The zero-order valence-corrected chi connectivity index (χ0v) is 9.65. The van der Waals surface area contributed by atoms with E-state index in [0.717, 1.165) is 6.61 Å². The molecule has 1 aliphatic rings. The van der Waals surface area contributed by atoms with Crippen molar-refractivity contribution in [1.29, 1.82) is 0 Å². The first-order valence-electron chi connectivity index (χ1n) is 5.72. The Morgan fingerprint density at radius 3 is 2.94 bits per heavy atom. The Bertz CT molecular complexity index is 546. The number of hydrogen-bond donors (Lipinski definition) is 0. The summed E-state index contributed by atoms with van der Waals surface area (Å²) < 4.78 is 11.7. The molecule has 1 aromatic heterocycles. The molecule has 2 aromatic rings. The highest BCUT2D eigenvalue weighted by Crippen LogP contribution is 2.14.